The first-order valence-electron chi connectivity index (χ1n) is 16.1. The summed E-state index contributed by atoms with van der Waals surface area (Å²) in [7, 11) is 3.91. The van der Waals surface area contributed by atoms with E-state index >= 15 is 0 Å². The molecule has 0 saturated carbocycles. The molecular weight excluding hydrogens is 633 g/mol. The molecule has 13 heteroatoms. The molecular formula is C34H44ClF3N6O3. The van der Waals surface area contributed by atoms with Gasteiger partial charge in [-0.15, -0.1) is 0 Å². The molecule has 0 radical (unpaired) electrons. The van der Waals surface area contributed by atoms with Crippen LogP contribution in [0.15, 0.2) is 35.3 Å². The van der Waals surface area contributed by atoms with E-state index in [4.69, 9.17) is 21.1 Å². The molecule has 1 saturated heterocycles. The van der Waals surface area contributed by atoms with Gasteiger partial charge >= 0.3 is 6.18 Å². The lowest BCUT2D eigenvalue weighted by molar-refractivity contribution is -0.169. The van der Waals surface area contributed by atoms with Crippen molar-refractivity contribution in [3.63, 3.8) is 0 Å². The van der Waals surface area contributed by atoms with Gasteiger partial charge in [0.1, 0.15) is 30.1 Å². The Hall–Kier alpha value is -3.53. The lowest BCUT2D eigenvalue weighted by Crippen LogP contribution is -2.61. The van der Waals surface area contributed by atoms with Gasteiger partial charge in [0.25, 0.3) is 0 Å². The number of hydrogen-bond donors (Lipinski definition) is 3. The summed E-state index contributed by atoms with van der Waals surface area (Å²) < 4.78 is 52.5. The van der Waals surface area contributed by atoms with E-state index in [1.165, 1.54) is 0 Å². The minimum atomic E-state index is -4.32. The summed E-state index contributed by atoms with van der Waals surface area (Å²) in [6, 6.07) is 8.83. The van der Waals surface area contributed by atoms with Gasteiger partial charge < -0.3 is 25.0 Å². The van der Waals surface area contributed by atoms with E-state index in [0.29, 0.717) is 79.3 Å². The quantitative estimate of drug-likeness (QED) is 0.189. The molecule has 2 aromatic rings. The maximum Gasteiger partial charge on any atom is 0.403 e. The summed E-state index contributed by atoms with van der Waals surface area (Å²) in [4.78, 5) is 19.3. The fourth-order valence-electron chi connectivity index (χ4n) is 6.17. The Labute approximate surface area is 279 Å². The van der Waals surface area contributed by atoms with Crippen LogP contribution in [0.25, 0.3) is 0 Å². The Balaban J connectivity index is 1.53. The Bertz CT molecular complexity index is 1460. The number of amides is 1. The highest BCUT2D eigenvalue weighted by molar-refractivity contribution is 6.32. The summed E-state index contributed by atoms with van der Waals surface area (Å²) >= 11 is 6.63. The third-order valence-corrected chi connectivity index (χ3v) is 8.74. The van der Waals surface area contributed by atoms with E-state index in [2.05, 4.69) is 27.0 Å². The smallest absolute Gasteiger partial charge is 0.403 e. The molecule has 47 heavy (non-hydrogen) atoms. The molecule has 3 N–H and O–H groups in total. The van der Waals surface area contributed by atoms with E-state index in [0.717, 1.165) is 6.54 Å². The van der Waals surface area contributed by atoms with Crippen molar-refractivity contribution in [3.05, 3.63) is 40.9 Å². The summed E-state index contributed by atoms with van der Waals surface area (Å²) in [5, 5.41) is 19.5. The topological polar surface area (TPSA) is 111 Å². The summed E-state index contributed by atoms with van der Waals surface area (Å²) in [6.07, 6.45) is 0.617. The van der Waals surface area contributed by atoms with Crippen molar-refractivity contribution in [1.29, 1.82) is 5.26 Å². The molecule has 0 aliphatic carbocycles. The molecule has 4 unspecified atom stereocenters. The van der Waals surface area contributed by atoms with Crippen molar-refractivity contribution < 1.29 is 27.4 Å². The van der Waals surface area contributed by atoms with Crippen molar-refractivity contribution in [1.82, 2.24) is 10.2 Å². The van der Waals surface area contributed by atoms with Crippen LogP contribution in [0.5, 0.6) is 11.5 Å². The van der Waals surface area contributed by atoms with E-state index < -0.39 is 29.7 Å². The second kappa shape index (κ2) is 16.0. The molecule has 4 rings (SSSR count). The highest BCUT2D eigenvalue weighted by Crippen LogP contribution is 2.43. The zero-order valence-electron chi connectivity index (χ0n) is 27.3. The molecule has 0 bridgehead atoms. The lowest BCUT2D eigenvalue weighted by atomic mass is 9.83. The van der Waals surface area contributed by atoms with Gasteiger partial charge in [0, 0.05) is 30.0 Å². The van der Waals surface area contributed by atoms with Crippen molar-refractivity contribution in [2.24, 2.45) is 10.9 Å². The van der Waals surface area contributed by atoms with Crippen LogP contribution in [0.4, 0.5) is 30.2 Å². The average Bonchev–Trinajstić information content (AvgIpc) is 3.01. The molecule has 2 aromatic carbocycles. The monoisotopic (exact) mass is 676 g/mol. The first-order valence-corrected chi connectivity index (χ1v) is 16.5. The number of hydrogen-bond acceptors (Lipinski definition) is 8. The summed E-state index contributed by atoms with van der Waals surface area (Å²) in [5.41, 5.74) is 1.60. The van der Waals surface area contributed by atoms with Gasteiger partial charge in [-0.3, -0.25) is 15.1 Å². The number of alkyl halides is 3. The second-order valence-electron chi connectivity index (χ2n) is 12.4. The van der Waals surface area contributed by atoms with Gasteiger partial charge in [0.05, 0.1) is 40.7 Å². The maximum atomic E-state index is 13.6. The van der Waals surface area contributed by atoms with Crippen LogP contribution in [0.1, 0.15) is 70.4 Å². The number of nitrogens with zero attached hydrogens (tertiary/aromatic N) is 3. The number of anilines is 2. The van der Waals surface area contributed by atoms with Crippen molar-refractivity contribution in [2.75, 3.05) is 44.5 Å². The minimum absolute atomic E-state index is 0.0480. The fraction of sp³-hybridized carbons (Fsp3) is 0.559. The molecule has 0 aromatic heterocycles. The van der Waals surface area contributed by atoms with Crippen LogP contribution in [-0.4, -0.2) is 68.6 Å². The number of nitrogens with one attached hydrogen (secondary N) is 3. The molecule has 9 nitrogen and oxygen atoms in total. The van der Waals surface area contributed by atoms with Crippen LogP contribution >= 0.6 is 11.6 Å². The summed E-state index contributed by atoms with van der Waals surface area (Å²) in [5.74, 6) is 0.0603. The van der Waals surface area contributed by atoms with Gasteiger partial charge in [-0.2, -0.15) is 18.4 Å². The number of fused-ring (bicyclic) bond motifs is 1. The van der Waals surface area contributed by atoms with Crippen molar-refractivity contribution in [2.45, 2.75) is 82.6 Å². The Morgan fingerprint density at radius 3 is 2.66 bits per heavy atom. The third-order valence-electron chi connectivity index (χ3n) is 8.44. The number of benzene rings is 2. The molecule has 4 atom stereocenters. The Kier molecular flexibility index (Phi) is 12.4. The first-order chi connectivity index (χ1) is 22.4. The Morgan fingerprint density at radius 2 is 2.00 bits per heavy atom. The largest absolute Gasteiger partial charge is 0.492 e. The second-order valence-corrected chi connectivity index (χ2v) is 12.9. The van der Waals surface area contributed by atoms with E-state index in [1.807, 2.05) is 32.8 Å². The lowest BCUT2D eigenvalue weighted by Gasteiger charge is -2.42. The predicted molar refractivity (Wildman–Crippen MR) is 179 cm³/mol. The maximum absolute atomic E-state index is 13.6. The van der Waals surface area contributed by atoms with Crippen LogP contribution in [0, 0.1) is 17.2 Å². The number of rotatable bonds is 14. The highest BCUT2D eigenvalue weighted by atomic mass is 35.5. The Morgan fingerprint density at radius 1 is 1.21 bits per heavy atom. The number of carbonyl (C=O) groups is 1. The predicted octanol–water partition coefficient (Wildman–Crippen LogP) is 7.65. The molecule has 0 spiro atoms. The highest BCUT2D eigenvalue weighted by Gasteiger charge is 2.47. The van der Waals surface area contributed by atoms with E-state index in [9.17, 15) is 23.2 Å². The third kappa shape index (κ3) is 9.52. The van der Waals surface area contributed by atoms with Gasteiger partial charge in [0.15, 0.2) is 0 Å². The molecule has 256 valence electrons. The van der Waals surface area contributed by atoms with Crippen molar-refractivity contribution in [3.8, 4) is 17.6 Å². The molecule has 2 aliphatic rings. The van der Waals surface area contributed by atoms with Crippen LogP contribution in [-0.2, 0) is 4.79 Å². The van der Waals surface area contributed by atoms with Crippen LogP contribution in [0.2, 0.25) is 5.02 Å². The zero-order chi connectivity index (χ0) is 34.2. The molecule has 2 aliphatic heterocycles. The van der Waals surface area contributed by atoms with Gasteiger partial charge in [0.2, 0.25) is 5.91 Å². The number of piperidine rings is 1. The van der Waals surface area contributed by atoms with E-state index in [-0.39, 0.29) is 24.0 Å². The number of halogens is 4. The fourth-order valence-corrected chi connectivity index (χ4v) is 6.41. The van der Waals surface area contributed by atoms with Crippen molar-refractivity contribution >= 4 is 40.8 Å². The standard InChI is InChI=1S/C34H44ClF3N6O3/c1-5-13-33(14-7-9-30(43-33)34(36,37)38)21-47-28-12-11-23(16-25(28)35)41-32-22(19-39)20-40-26-18-29(46-6-2)27(17-24(26)32)42-31(45)10-8-15-44(3)4/h11-12,16-18,20,22,30,32,41,43H,5-10,13-15,21H2,1-4H3,(H,42,45). The number of carbonyl (C=O) groups excluding carboxylic acids is 1. The normalized spacial score (nSPS) is 22.3. The number of nitriles is 1. The minimum Gasteiger partial charge on any atom is -0.492 e. The van der Waals surface area contributed by atoms with Gasteiger partial charge in [-0.1, -0.05) is 24.9 Å². The van der Waals surface area contributed by atoms with Crippen LogP contribution < -0.4 is 25.4 Å². The van der Waals surface area contributed by atoms with Gasteiger partial charge in [-0.25, -0.2) is 0 Å². The number of aliphatic imine (C=N–C) groups is 1. The average molecular weight is 677 g/mol. The molecule has 2 heterocycles. The first kappa shape index (κ1) is 36.3. The van der Waals surface area contributed by atoms with Gasteiger partial charge in [-0.05, 0) is 83.9 Å². The number of ether oxygens (including phenoxy) is 2. The summed E-state index contributed by atoms with van der Waals surface area (Å²) in [6.45, 7) is 5.02. The van der Waals surface area contributed by atoms with E-state index in [1.54, 1.807) is 36.5 Å². The molecule has 1 amide bonds. The zero-order valence-corrected chi connectivity index (χ0v) is 28.1. The SMILES string of the molecule is CCCC1(COc2ccc(NC3c4cc(NC(=O)CCCN(C)C)c(OCC)cc4N=CC3C#N)cc2Cl)CCCC(C(F)(F)F)N1. The van der Waals surface area contributed by atoms with Crippen LogP contribution in [0.3, 0.4) is 0 Å². The molecule has 1 fully saturated rings.